The summed E-state index contributed by atoms with van der Waals surface area (Å²) in [7, 11) is 0. The van der Waals surface area contributed by atoms with Gasteiger partial charge in [-0.3, -0.25) is 0 Å². The SMILES string of the molecule is CCOc1ccc(Cc2cc(C3[C@H](O)C(O)[C@H](O)C(CO)C3(F)F)ccc2Cl)cc1. The van der Waals surface area contributed by atoms with Gasteiger partial charge in [0, 0.05) is 5.02 Å². The number of halogens is 3. The number of aliphatic hydroxyl groups excluding tert-OH is 4. The predicted molar refractivity (Wildman–Crippen MR) is 108 cm³/mol. The summed E-state index contributed by atoms with van der Waals surface area (Å²) in [5, 5.41) is 40.0. The number of ether oxygens (including phenoxy) is 1. The van der Waals surface area contributed by atoms with Crippen molar-refractivity contribution < 1.29 is 33.9 Å². The van der Waals surface area contributed by atoms with E-state index in [9.17, 15) is 20.4 Å². The van der Waals surface area contributed by atoms with Gasteiger partial charge in [-0.05, 0) is 48.2 Å². The van der Waals surface area contributed by atoms with E-state index in [2.05, 4.69) is 0 Å². The molecule has 3 rings (SSSR count). The maximum Gasteiger partial charge on any atom is 0.264 e. The standard InChI is InChI=1S/C22H25ClF2O5/c1-2-30-15-6-3-12(4-7-15)9-14-10-13(5-8-17(14)23)18-20(28)21(29)19(27)16(11-26)22(18,24)25/h3-8,10,16,18-21,26-29H,2,9,11H2,1H3/t16?,18?,19-,20+,21?/m1/s1. The summed E-state index contributed by atoms with van der Waals surface area (Å²) in [6.07, 6.45) is -5.29. The number of alkyl halides is 2. The number of hydrogen-bond acceptors (Lipinski definition) is 5. The van der Waals surface area contributed by atoms with E-state index in [1.54, 1.807) is 12.1 Å². The Morgan fingerprint density at radius 3 is 2.27 bits per heavy atom. The highest BCUT2D eigenvalue weighted by molar-refractivity contribution is 6.31. The lowest BCUT2D eigenvalue weighted by Gasteiger charge is -2.45. The summed E-state index contributed by atoms with van der Waals surface area (Å²) in [4.78, 5) is 0. The molecule has 4 N–H and O–H groups in total. The van der Waals surface area contributed by atoms with Gasteiger partial charge in [0.05, 0.1) is 37.3 Å². The molecule has 30 heavy (non-hydrogen) atoms. The van der Waals surface area contributed by atoms with Gasteiger partial charge < -0.3 is 25.2 Å². The van der Waals surface area contributed by atoms with Crippen molar-refractivity contribution in [3.05, 3.63) is 64.2 Å². The molecule has 0 aliphatic heterocycles. The Morgan fingerprint density at radius 1 is 1.00 bits per heavy atom. The van der Waals surface area contributed by atoms with Crippen molar-refractivity contribution in [1.29, 1.82) is 0 Å². The number of rotatable bonds is 6. The third-order valence-electron chi connectivity index (χ3n) is 5.62. The molecular formula is C22H25ClF2O5. The molecule has 5 nitrogen and oxygen atoms in total. The van der Waals surface area contributed by atoms with Crippen molar-refractivity contribution in [1.82, 2.24) is 0 Å². The molecule has 0 saturated heterocycles. The van der Waals surface area contributed by atoms with E-state index >= 15 is 8.78 Å². The summed E-state index contributed by atoms with van der Waals surface area (Å²) in [6, 6.07) is 11.6. The minimum atomic E-state index is -3.64. The Bertz CT molecular complexity index is 861. The van der Waals surface area contributed by atoms with Crippen LogP contribution in [0.2, 0.25) is 5.02 Å². The highest BCUT2D eigenvalue weighted by Crippen LogP contribution is 2.48. The van der Waals surface area contributed by atoms with Crippen molar-refractivity contribution in [3.8, 4) is 5.75 Å². The Kier molecular flexibility index (Phi) is 6.99. The lowest BCUT2D eigenvalue weighted by Crippen LogP contribution is -2.61. The largest absolute Gasteiger partial charge is 0.494 e. The molecule has 3 unspecified atom stereocenters. The predicted octanol–water partition coefficient (Wildman–Crippen LogP) is 2.75. The van der Waals surface area contributed by atoms with Gasteiger partial charge in [0.15, 0.2) is 0 Å². The lowest BCUT2D eigenvalue weighted by atomic mass is 9.70. The third-order valence-corrected chi connectivity index (χ3v) is 5.99. The average Bonchev–Trinajstić information content (AvgIpc) is 2.70. The van der Waals surface area contributed by atoms with Gasteiger partial charge in [-0.25, -0.2) is 8.78 Å². The topological polar surface area (TPSA) is 90.2 Å². The molecule has 0 bridgehead atoms. The molecule has 1 saturated carbocycles. The average molecular weight is 443 g/mol. The Balaban J connectivity index is 1.93. The minimum Gasteiger partial charge on any atom is -0.494 e. The molecule has 0 heterocycles. The number of benzene rings is 2. The molecule has 2 aromatic carbocycles. The summed E-state index contributed by atoms with van der Waals surface area (Å²) in [5.41, 5.74) is 1.53. The number of hydrogen-bond donors (Lipinski definition) is 4. The monoisotopic (exact) mass is 442 g/mol. The summed E-state index contributed by atoms with van der Waals surface area (Å²) < 4.78 is 35.5. The van der Waals surface area contributed by atoms with Gasteiger partial charge in [0.25, 0.3) is 5.92 Å². The van der Waals surface area contributed by atoms with Crippen molar-refractivity contribution in [2.75, 3.05) is 13.2 Å². The quantitative estimate of drug-likeness (QED) is 0.552. The van der Waals surface area contributed by atoms with E-state index in [0.717, 1.165) is 5.56 Å². The fourth-order valence-electron chi connectivity index (χ4n) is 3.99. The first kappa shape index (κ1) is 22.9. The second-order valence-electron chi connectivity index (χ2n) is 7.52. The van der Waals surface area contributed by atoms with Crippen LogP contribution < -0.4 is 4.74 Å². The fourth-order valence-corrected chi connectivity index (χ4v) is 4.17. The zero-order valence-electron chi connectivity index (χ0n) is 16.4. The summed E-state index contributed by atoms with van der Waals surface area (Å²) in [6.45, 7) is 1.40. The molecule has 0 spiro atoms. The first-order valence-corrected chi connectivity index (χ1v) is 10.1. The maximum atomic E-state index is 15.0. The van der Waals surface area contributed by atoms with E-state index < -0.39 is 42.7 Å². The first-order chi connectivity index (χ1) is 14.2. The second kappa shape index (κ2) is 9.16. The van der Waals surface area contributed by atoms with Gasteiger partial charge in [0.2, 0.25) is 0 Å². The van der Waals surface area contributed by atoms with Gasteiger partial charge in [0.1, 0.15) is 11.9 Å². The van der Waals surface area contributed by atoms with Crippen LogP contribution in [-0.4, -0.2) is 57.9 Å². The van der Waals surface area contributed by atoms with E-state index in [-0.39, 0.29) is 5.56 Å². The molecule has 5 atom stereocenters. The van der Waals surface area contributed by atoms with Crippen molar-refractivity contribution in [2.45, 2.75) is 43.5 Å². The molecule has 8 heteroatoms. The van der Waals surface area contributed by atoms with Crippen LogP contribution in [0.3, 0.4) is 0 Å². The normalized spacial score (nSPS) is 28.3. The molecule has 2 aromatic rings. The molecular weight excluding hydrogens is 418 g/mol. The van der Waals surface area contributed by atoms with Crippen LogP contribution in [0, 0.1) is 5.92 Å². The first-order valence-electron chi connectivity index (χ1n) is 9.73. The third kappa shape index (κ3) is 4.31. The van der Waals surface area contributed by atoms with Crippen LogP contribution >= 0.6 is 11.6 Å². The van der Waals surface area contributed by atoms with E-state index in [1.165, 1.54) is 18.2 Å². The smallest absolute Gasteiger partial charge is 0.264 e. The van der Waals surface area contributed by atoms with Crippen LogP contribution in [0.5, 0.6) is 5.75 Å². The van der Waals surface area contributed by atoms with Gasteiger partial charge in [-0.15, -0.1) is 0 Å². The van der Waals surface area contributed by atoms with Crippen LogP contribution in [0.15, 0.2) is 42.5 Å². The Morgan fingerprint density at radius 2 is 1.67 bits per heavy atom. The zero-order chi connectivity index (χ0) is 22.1. The van der Waals surface area contributed by atoms with Gasteiger partial charge >= 0.3 is 0 Å². The van der Waals surface area contributed by atoms with Crippen molar-refractivity contribution in [2.24, 2.45) is 5.92 Å². The maximum absolute atomic E-state index is 15.0. The lowest BCUT2D eigenvalue weighted by molar-refractivity contribution is -0.232. The highest BCUT2D eigenvalue weighted by Gasteiger charge is 2.60. The summed E-state index contributed by atoms with van der Waals surface area (Å²) in [5.74, 6) is -6.62. The van der Waals surface area contributed by atoms with Crippen molar-refractivity contribution in [3.63, 3.8) is 0 Å². The van der Waals surface area contributed by atoms with Gasteiger partial charge in [-0.2, -0.15) is 0 Å². The molecule has 0 amide bonds. The van der Waals surface area contributed by atoms with Crippen LogP contribution in [0.4, 0.5) is 8.78 Å². The van der Waals surface area contributed by atoms with Crippen LogP contribution in [0.1, 0.15) is 29.5 Å². The summed E-state index contributed by atoms with van der Waals surface area (Å²) >= 11 is 6.28. The number of aliphatic hydroxyl groups is 4. The molecule has 1 aliphatic carbocycles. The Labute approximate surface area is 178 Å². The van der Waals surface area contributed by atoms with Crippen LogP contribution in [0.25, 0.3) is 0 Å². The van der Waals surface area contributed by atoms with E-state index in [1.807, 2.05) is 19.1 Å². The molecule has 0 aromatic heterocycles. The van der Waals surface area contributed by atoms with E-state index in [4.69, 9.17) is 16.3 Å². The zero-order valence-corrected chi connectivity index (χ0v) is 17.1. The fraction of sp³-hybridized carbons (Fsp3) is 0.455. The molecule has 0 radical (unpaired) electrons. The highest BCUT2D eigenvalue weighted by atomic mass is 35.5. The van der Waals surface area contributed by atoms with Crippen molar-refractivity contribution >= 4 is 11.6 Å². The molecule has 164 valence electrons. The van der Waals surface area contributed by atoms with Crippen LogP contribution in [-0.2, 0) is 6.42 Å². The molecule has 1 fully saturated rings. The second-order valence-corrected chi connectivity index (χ2v) is 7.92. The Hall–Kier alpha value is -1.77. The van der Waals surface area contributed by atoms with E-state index in [0.29, 0.717) is 29.4 Å². The molecule has 1 aliphatic rings. The minimum absolute atomic E-state index is 0.0715. The van der Waals surface area contributed by atoms with Gasteiger partial charge in [-0.1, -0.05) is 35.9 Å².